The van der Waals surface area contributed by atoms with Crippen LogP contribution in [0.3, 0.4) is 0 Å². The van der Waals surface area contributed by atoms with E-state index in [0.29, 0.717) is 51.7 Å². The van der Waals surface area contributed by atoms with Crippen molar-refractivity contribution in [2.24, 2.45) is 5.73 Å². The molecular formula is C12H25N3O3S. The average Bonchev–Trinajstić information content (AvgIpc) is 2.47. The highest BCUT2D eigenvalue weighted by Gasteiger charge is 2.35. The molecule has 1 unspecified atom stereocenters. The van der Waals surface area contributed by atoms with Crippen molar-refractivity contribution >= 4 is 10.0 Å². The van der Waals surface area contributed by atoms with E-state index in [1.165, 1.54) is 0 Å². The van der Waals surface area contributed by atoms with Crippen LogP contribution in [0, 0.1) is 0 Å². The first kappa shape index (κ1) is 15.2. The molecule has 1 atom stereocenters. The lowest BCUT2D eigenvalue weighted by Crippen LogP contribution is -2.54. The predicted octanol–water partition coefficient (Wildman–Crippen LogP) is -0.540. The van der Waals surface area contributed by atoms with E-state index in [-0.39, 0.29) is 5.25 Å². The van der Waals surface area contributed by atoms with Crippen LogP contribution < -0.4 is 5.73 Å². The molecule has 0 radical (unpaired) electrons. The molecule has 2 saturated heterocycles. The van der Waals surface area contributed by atoms with Gasteiger partial charge in [0.15, 0.2) is 0 Å². The van der Waals surface area contributed by atoms with Crippen LogP contribution in [0.4, 0.5) is 0 Å². The molecule has 112 valence electrons. The summed E-state index contributed by atoms with van der Waals surface area (Å²) in [5.41, 5.74) is 5.65. The highest BCUT2D eigenvalue weighted by molar-refractivity contribution is 7.89. The van der Waals surface area contributed by atoms with Gasteiger partial charge in [0.2, 0.25) is 10.0 Å². The highest BCUT2D eigenvalue weighted by atomic mass is 32.2. The number of hydrogen-bond acceptors (Lipinski definition) is 5. The molecule has 0 aromatic heterocycles. The van der Waals surface area contributed by atoms with E-state index in [9.17, 15) is 8.42 Å². The minimum atomic E-state index is -3.15. The summed E-state index contributed by atoms with van der Waals surface area (Å²) >= 11 is 0. The second-order valence-electron chi connectivity index (χ2n) is 5.38. The van der Waals surface area contributed by atoms with Crippen LogP contribution in [0.1, 0.15) is 19.8 Å². The van der Waals surface area contributed by atoms with Crippen LogP contribution in [0.15, 0.2) is 0 Å². The molecular weight excluding hydrogens is 266 g/mol. The Balaban J connectivity index is 1.92. The maximum Gasteiger partial charge on any atom is 0.217 e. The summed E-state index contributed by atoms with van der Waals surface area (Å²) in [6, 6.07) is 0.327. The summed E-state index contributed by atoms with van der Waals surface area (Å²) in [7, 11) is -3.15. The summed E-state index contributed by atoms with van der Waals surface area (Å²) in [6.07, 6.45) is 1.25. The quantitative estimate of drug-likeness (QED) is 0.753. The van der Waals surface area contributed by atoms with Crippen molar-refractivity contribution in [3.8, 4) is 0 Å². The summed E-state index contributed by atoms with van der Waals surface area (Å²) in [5.74, 6) is 0. The van der Waals surface area contributed by atoms with E-state index in [0.717, 1.165) is 13.1 Å². The fraction of sp³-hybridized carbons (Fsp3) is 1.00. The Morgan fingerprint density at radius 3 is 2.32 bits per heavy atom. The lowest BCUT2D eigenvalue weighted by Gasteiger charge is -2.38. The molecule has 0 aromatic carbocycles. The third kappa shape index (κ3) is 3.46. The monoisotopic (exact) mass is 291 g/mol. The smallest absolute Gasteiger partial charge is 0.217 e. The van der Waals surface area contributed by atoms with Gasteiger partial charge in [-0.2, -0.15) is 4.31 Å². The van der Waals surface area contributed by atoms with Crippen LogP contribution in [-0.2, 0) is 14.8 Å². The topological polar surface area (TPSA) is 75.9 Å². The SMILES string of the molecule is CC(CN)N1CCN(S(=O)(=O)C2CCOCC2)CC1. The molecule has 2 fully saturated rings. The van der Waals surface area contributed by atoms with Crippen molar-refractivity contribution in [1.82, 2.24) is 9.21 Å². The fourth-order valence-corrected chi connectivity index (χ4v) is 4.61. The van der Waals surface area contributed by atoms with Crippen molar-refractivity contribution in [2.45, 2.75) is 31.1 Å². The van der Waals surface area contributed by atoms with E-state index in [4.69, 9.17) is 10.5 Å². The van der Waals surface area contributed by atoms with Crippen molar-refractivity contribution < 1.29 is 13.2 Å². The number of hydrogen-bond donors (Lipinski definition) is 1. The number of rotatable bonds is 4. The molecule has 2 aliphatic rings. The largest absolute Gasteiger partial charge is 0.381 e. The molecule has 2 rings (SSSR count). The molecule has 2 N–H and O–H groups in total. The zero-order valence-electron chi connectivity index (χ0n) is 11.6. The normalized spacial score (nSPS) is 26.4. The van der Waals surface area contributed by atoms with Crippen LogP contribution in [0.2, 0.25) is 0 Å². The maximum absolute atomic E-state index is 12.5. The standard InChI is InChI=1S/C12H25N3O3S/c1-11(10-13)14-4-6-15(7-5-14)19(16,17)12-2-8-18-9-3-12/h11-12H,2-10,13H2,1H3. The Hall–Kier alpha value is -0.210. The second-order valence-corrected chi connectivity index (χ2v) is 7.59. The molecule has 0 aliphatic carbocycles. The summed E-state index contributed by atoms with van der Waals surface area (Å²) in [6.45, 7) is 6.56. The first-order valence-electron chi connectivity index (χ1n) is 7.06. The zero-order valence-corrected chi connectivity index (χ0v) is 12.4. The van der Waals surface area contributed by atoms with Crippen molar-refractivity contribution in [1.29, 1.82) is 0 Å². The molecule has 0 aromatic rings. The second kappa shape index (κ2) is 6.49. The highest BCUT2D eigenvalue weighted by Crippen LogP contribution is 2.21. The van der Waals surface area contributed by atoms with Crippen LogP contribution >= 0.6 is 0 Å². The van der Waals surface area contributed by atoms with E-state index < -0.39 is 10.0 Å². The summed E-state index contributed by atoms with van der Waals surface area (Å²) in [5, 5.41) is -0.250. The summed E-state index contributed by atoms with van der Waals surface area (Å²) < 4.78 is 31.9. The van der Waals surface area contributed by atoms with Gasteiger partial charge in [0, 0.05) is 52.0 Å². The van der Waals surface area contributed by atoms with Crippen molar-refractivity contribution in [3.05, 3.63) is 0 Å². The van der Waals surface area contributed by atoms with Crippen molar-refractivity contribution in [3.63, 3.8) is 0 Å². The van der Waals surface area contributed by atoms with Crippen molar-refractivity contribution in [2.75, 3.05) is 45.9 Å². The number of nitrogens with two attached hydrogens (primary N) is 1. The summed E-state index contributed by atoms with van der Waals surface area (Å²) in [4.78, 5) is 2.26. The average molecular weight is 291 g/mol. The van der Waals surface area contributed by atoms with Gasteiger partial charge >= 0.3 is 0 Å². The third-order valence-electron chi connectivity index (χ3n) is 4.19. The van der Waals surface area contributed by atoms with Gasteiger partial charge in [-0.1, -0.05) is 0 Å². The zero-order chi connectivity index (χ0) is 13.9. The Morgan fingerprint density at radius 2 is 1.79 bits per heavy atom. The lowest BCUT2D eigenvalue weighted by atomic mass is 10.2. The van der Waals surface area contributed by atoms with Gasteiger partial charge in [0.1, 0.15) is 0 Å². The van der Waals surface area contributed by atoms with Crippen LogP contribution in [-0.4, -0.2) is 74.9 Å². The Bertz CT molecular complexity index is 374. The number of sulfonamides is 1. The van der Waals surface area contributed by atoms with Gasteiger partial charge in [-0.15, -0.1) is 0 Å². The van der Waals surface area contributed by atoms with Gasteiger partial charge in [0.25, 0.3) is 0 Å². The first-order chi connectivity index (χ1) is 9.05. The Labute approximate surface area is 115 Å². The number of ether oxygens (including phenoxy) is 1. The van der Waals surface area contributed by atoms with E-state index >= 15 is 0 Å². The minimum absolute atomic E-state index is 0.250. The predicted molar refractivity (Wildman–Crippen MR) is 74.4 cm³/mol. The molecule has 2 heterocycles. The number of nitrogens with zero attached hydrogens (tertiary/aromatic N) is 2. The third-order valence-corrected chi connectivity index (χ3v) is 6.59. The van der Waals surface area contributed by atoms with Crippen LogP contribution in [0.5, 0.6) is 0 Å². The number of piperazine rings is 1. The molecule has 7 heteroatoms. The van der Waals surface area contributed by atoms with Gasteiger partial charge in [0.05, 0.1) is 5.25 Å². The molecule has 0 spiro atoms. The molecule has 2 aliphatic heterocycles. The lowest BCUT2D eigenvalue weighted by molar-refractivity contribution is 0.0955. The fourth-order valence-electron chi connectivity index (χ4n) is 2.73. The minimum Gasteiger partial charge on any atom is -0.381 e. The van der Waals surface area contributed by atoms with Gasteiger partial charge in [-0.25, -0.2) is 8.42 Å². The van der Waals surface area contributed by atoms with E-state index in [1.54, 1.807) is 4.31 Å². The first-order valence-corrected chi connectivity index (χ1v) is 8.57. The molecule has 0 saturated carbocycles. The van der Waals surface area contributed by atoms with Gasteiger partial charge < -0.3 is 10.5 Å². The molecule has 6 nitrogen and oxygen atoms in total. The van der Waals surface area contributed by atoms with E-state index in [1.807, 2.05) is 0 Å². The van der Waals surface area contributed by atoms with E-state index in [2.05, 4.69) is 11.8 Å². The van der Waals surface area contributed by atoms with Gasteiger partial charge in [-0.05, 0) is 19.8 Å². The van der Waals surface area contributed by atoms with Crippen LogP contribution in [0.25, 0.3) is 0 Å². The Kier molecular flexibility index (Phi) is 5.19. The molecule has 0 bridgehead atoms. The molecule has 19 heavy (non-hydrogen) atoms. The Morgan fingerprint density at radius 1 is 1.21 bits per heavy atom. The maximum atomic E-state index is 12.5. The molecule has 0 amide bonds. The van der Waals surface area contributed by atoms with Gasteiger partial charge in [-0.3, -0.25) is 4.90 Å².